The van der Waals surface area contributed by atoms with E-state index < -0.39 is 18.7 Å². The molecule has 3 aromatic carbocycles. The molecule has 1 saturated heterocycles. The molecule has 9 nitrogen and oxygen atoms in total. The van der Waals surface area contributed by atoms with Crippen LogP contribution >= 0.6 is 11.6 Å². The summed E-state index contributed by atoms with van der Waals surface area (Å²) in [6, 6.07) is 14.9. The number of hydrogen-bond donors (Lipinski definition) is 1. The van der Waals surface area contributed by atoms with Crippen molar-refractivity contribution in [1.82, 2.24) is 14.9 Å². The number of aryl methyl sites for hydroxylation is 4. The molecule has 2 heterocycles. The van der Waals surface area contributed by atoms with Crippen LogP contribution in [0.25, 0.3) is 0 Å². The molecule has 4 aromatic rings. The number of rotatable bonds is 9. The Hall–Kier alpha value is -4.48. The molecule has 0 saturated carbocycles. The molecular formula is C34H36ClF2N6O3-. The average molecular weight is 650 g/mol. The standard InChI is InChI=1S/C34H37ClF2N6O3/c1-20-16-22(3)30(23(4)17-20)31(26-18-24(35)7-6-21(26)2)43(34(44)45)29-10-11-38-33(40-29)39-25-8-9-27(28(19-25)46-32(36)37)42-14-12-41(5)13-15-42/h6-11,16-19,31-32H,12-15H2,1-5H3,(H,44,45)(H,38,39,40)/p-1. The number of likely N-dealkylation sites (N-methyl/N-ethyl adjacent to an activating group) is 1. The highest BCUT2D eigenvalue weighted by atomic mass is 35.5. The van der Waals surface area contributed by atoms with Crippen molar-refractivity contribution < 1.29 is 23.4 Å². The van der Waals surface area contributed by atoms with E-state index in [0.29, 0.717) is 35.1 Å². The molecule has 1 aliphatic heterocycles. The monoisotopic (exact) mass is 649 g/mol. The summed E-state index contributed by atoms with van der Waals surface area (Å²) in [7, 11) is 2.01. The summed E-state index contributed by atoms with van der Waals surface area (Å²) in [6.07, 6.45) is -0.0514. The molecule has 0 spiro atoms. The van der Waals surface area contributed by atoms with Gasteiger partial charge in [0.2, 0.25) is 5.95 Å². The van der Waals surface area contributed by atoms with E-state index in [1.54, 1.807) is 24.3 Å². The molecule has 46 heavy (non-hydrogen) atoms. The lowest BCUT2D eigenvalue weighted by Gasteiger charge is -2.36. The maximum Gasteiger partial charge on any atom is 0.387 e. The molecule has 1 fully saturated rings. The van der Waals surface area contributed by atoms with Crippen molar-refractivity contribution in [2.75, 3.05) is 48.3 Å². The van der Waals surface area contributed by atoms with E-state index in [9.17, 15) is 18.7 Å². The smallest absolute Gasteiger partial charge is 0.387 e. The van der Waals surface area contributed by atoms with Gasteiger partial charge in [-0.1, -0.05) is 35.4 Å². The van der Waals surface area contributed by atoms with Gasteiger partial charge in [0.1, 0.15) is 11.9 Å². The Morgan fingerprint density at radius 2 is 1.67 bits per heavy atom. The van der Waals surface area contributed by atoms with Crippen LogP contribution in [0, 0.1) is 27.7 Å². The first-order valence-electron chi connectivity index (χ1n) is 14.9. The predicted molar refractivity (Wildman–Crippen MR) is 175 cm³/mol. The number of carbonyl (C=O) groups excluding carboxylic acids is 1. The van der Waals surface area contributed by atoms with E-state index >= 15 is 0 Å². The Morgan fingerprint density at radius 1 is 0.978 bits per heavy atom. The number of aromatic nitrogens is 2. The first kappa shape index (κ1) is 32.9. The van der Waals surface area contributed by atoms with E-state index in [1.165, 1.54) is 18.3 Å². The summed E-state index contributed by atoms with van der Waals surface area (Å²) in [6.45, 7) is 7.66. The average Bonchev–Trinajstić information content (AvgIpc) is 2.98. The number of ether oxygens (including phenoxy) is 1. The number of alkyl halides is 2. The number of carboxylic acid groups (broad SMARTS) is 1. The molecule has 1 aliphatic rings. The molecule has 1 N–H and O–H groups in total. The Labute approximate surface area is 272 Å². The zero-order chi connectivity index (χ0) is 33.1. The van der Waals surface area contributed by atoms with Gasteiger partial charge in [-0.15, -0.1) is 0 Å². The van der Waals surface area contributed by atoms with Crippen LogP contribution in [0.3, 0.4) is 0 Å². The largest absolute Gasteiger partial charge is 0.530 e. The van der Waals surface area contributed by atoms with E-state index in [0.717, 1.165) is 45.8 Å². The normalized spacial score (nSPS) is 14.3. The van der Waals surface area contributed by atoms with Gasteiger partial charge in [-0.2, -0.15) is 13.8 Å². The minimum Gasteiger partial charge on any atom is -0.530 e. The Balaban J connectivity index is 1.55. The fourth-order valence-electron chi connectivity index (χ4n) is 6.05. The summed E-state index contributed by atoms with van der Waals surface area (Å²) in [5.74, 6) is 0.122. The van der Waals surface area contributed by atoms with Crippen molar-refractivity contribution in [3.05, 3.63) is 99.2 Å². The van der Waals surface area contributed by atoms with Gasteiger partial charge >= 0.3 is 6.61 Å². The van der Waals surface area contributed by atoms with Gasteiger partial charge in [-0.25, -0.2) is 4.98 Å². The molecule has 5 rings (SSSR count). The summed E-state index contributed by atoms with van der Waals surface area (Å²) in [5.41, 5.74) is 6.07. The second kappa shape index (κ2) is 13.9. The van der Waals surface area contributed by atoms with Crippen LogP contribution in [0.1, 0.15) is 39.4 Å². The van der Waals surface area contributed by atoms with Crippen molar-refractivity contribution in [1.29, 1.82) is 0 Å². The van der Waals surface area contributed by atoms with Crippen molar-refractivity contribution in [2.24, 2.45) is 0 Å². The zero-order valence-electron chi connectivity index (χ0n) is 26.4. The highest BCUT2D eigenvalue weighted by molar-refractivity contribution is 6.30. The third kappa shape index (κ3) is 7.32. The maximum atomic E-state index is 13.4. The molecule has 242 valence electrons. The third-order valence-corrected chi connectivity index (χ3v) is 8.40. The molecule has 0 radical (unpaired) electrons. The number of benzene rings is 3. The van der Waals surface area contributed by atoms with Crippen molar-refractivity contribution >= 4 is 40.8 Å². The van der Waals surface area contributed by atoms with Crippen LogP contribution in [0.2, 0.25) is 5.02 Å². The first-order chi connectivity index (χ1) is 21.9. The molecular weight excluding hydrogens is 614 g/mol. The van der Waals surface area contributed by atoms with Crippen LogP contribution in [-0.4, -0.2) is 60.8 Å². The van der Waals surface area contributed by atoms with Gasteiger partial charge < -0.3 is 34.7 Å². The molecule has 12 heteroatoms. The Bertz CT molecular complexity index is 1710. The van der Waals surface area contributed by atoms with Gasteiger partial charge in [0.15, 0.2) is 5.75 Å². The van der Waals surface area contributed by atoms with Gasteiger partial charge in [0.25, 0.3) is 0 Å². The maximum absolute atomic E-state index is 13.4. The van der Waals surface area contributed by atoms with E-state index in [2.05, 4.69) is 20.2 Å². The quantitative estimate of drug-likeness (QED) is 0.223. The predicted octanol–water partition coefficient (Wildman–Crippen LogP) is 6.40. The fraction of sp³-hybridized carbons (Fsp3) is 0.324. The SMILES string of the molecule is Cc1cc(C)c(C(c2cc(Cl)ccc2C)N(C(=O)[O-])c2ccnc(Nc3ccc(N4CCN(C)CC4)c(OC(F)F)c3)n2)c(C)c1. The van der Waals surface area contributed by atoms with Crippen molar-refractivity contribution in [2.45, 2.75) is 40.3 Å². The number of halogens is 3. The minimum atomic E-state index is -3.02. The first-order valence-corrected chi connectivity index (χ1v) is 15.3. The van der Waals surface area contributed by atoms with Crippen LogP contribution < -0.4 is 25.0 Å². The van der Waals surface area contributed by atoms with Crippen LogP contribution in [-0.2, 0) is 0 Å². The zero-order valence-corrected chi connectivity index (χ0v) is 27.1. The lowest BCUT2D eigenvalue weighted by Crippen LogP contribution is -2.45. The molecule has 1 atom stereocenters. The summed E-state index contributed by atoms with van der Waals surface area (Å²) in [5, 5.41) is 16.5. The van der Waals surface area contributed by atoms with E-state index in [-0.39, 0.29) is 17.5 Å². The van der Waals surface area contributed by atoms with Crippen molar-refractivity contribution in [3.8, 4) is 5.75 Å². The number of piperazine rings is 1. The van der Waals surface area contributed by atoms with Gasteiger partial charge in [-0.05, 0) is 92.9 Å². The number of nitrogens with one attached hydrogen (secondary N) is 1. The fourth-order valence-corrected chi connectivity index (χ4v) is 6.23. The molecule has 1 amide bonds. The van der Waals surface area contributed by atoms with Crippen LogP contribution in [0.5, 0.6) is 5.75 Å². The Kier molecular flexibility index (Phi) is 9.93. The molecule has 0 aliphatic carbocycles. The topological polar surface area (TPSA) is 96.9 Å². The minimum absolute atomic E-state index is 0.0129. The Morgan fingerprint density at radius 3 is 2.33 bits per heavy atom. The number of nitrogens with zero attached hydrogens (tertiary/aromatic N) is 5. The van der Waals surface area contributed by atoms with Gasteiger partial charge in [0.05, 0.1) is 11.7 Å². The highest BCUT2D eigenvalue weighted by Crippen LogP contribution is 2.39. The second-order valence-electron chi connectivity index (χ2n) is 11.6. The van der Waals surface area contributed by atoms with Crippen molar-refractivity contribution in [3.63, 3.8) is 0 Å². The number of anilines is 4. The van der Waals surface area contributed by atoms with Crippen LogP contribution in [0.15, 0.2) is 60.8 Å². The summed E-state index contributed by atoms with van der Waals surface area (Å²) < 4.78 is 31.8. The molecule has 1 unspecified atom stereocenters. The number of amides is 1. The second-order valence-corrected chi connectivity index (χ2v) is 12.0. The molecule has 0 bridgehead atoms. The highest BCUT2D eigenvalue weighted by Gasteiger charge is 2.30. The lowest BCUT2D eigenvalue weighted by atomic mass is 9.87. The van der Waals surface area contributed by atoms with Crippen LogP contribution in [0.4, 0.5) is 36.7 Å². The van der Waals surface area contributed by atoms with Gasteiger partial charge in [0, 0.05) is 49.2 Å². The van der Waals surface area contributed by atoms with E-state index in [4.69, 9.17) is 16.3 Å². The summed E-state index contributed by atoms with van der Waals surface area (Å²) in [4.78, 5) is 27.1. The number of hydrogen-bond acceptors (Lipinski definition) is 8. The summed E-state index contributed by atoms with van der Waals surface area (Å²) >= 11 is 6.43. The number of carbonyl (C=O) groups is 1. The molecule has 1 aromatic heterocycles. The van der Waals surface area contributed by atoms with E-state index in [1.807, 2.05) is 57.8 Å². The lowest BCUT2D eigenvalue weighted by molar-refractivity contribution is -0.247. The third-order valence-electron chi connectivity index (χ3n) is 8.17. The van der Waals surface area contributed by atoms with Gasteiger partial charge in [-0.3, -0.25) is 0 Å².